The predicted molar refractivity (Wildman–Crippen MR) is 62.0 cm³/mol. The summed E-state index contributed by atoms with van der Waals surface area (Å²) in [5, 5.41) is 0. The van der Waals surface area contributed by atoms with Crippen LogP contribution in [0, 0.1) is 35.5 Å². The van der Waals surface area contributed by atoms with E-state index in [1.165, 1.54) is 0 Å². The molecule has 80 valence electrons. The summed E-state index contributed by atoms with van der Waals surface area (Å²) in [6, 6.07) is 0. The molecule has 5 unspecified atom stereocenters. The monoisotopic (exact) mass is 192 g/mol. The summed E-state index contributed by atoms with van der Waals surface area (Å²) in [7, 11) is 0. The highest BCUT2D eigenvalue weighted by Crippen LogP contribution is 2.57. The van der Waals surface area contributed by atoms with E-state index in [0.29, 0.717) is 0 Å². The van der Waals surface area contributed by atoms with E-state index in [4.69, 9.17) is 0 Å². The fourth-order valence-corrected chi connectivity index (χ4v) is 4.19. The van der Waals surface area contributed by atoms with Crippen molar-refractivity contribution < 1.29 is 0 Å². The molecule has 6 atom stereocenters. The second kappa shape index (κ2) is 3.12. The number of rotatable bonds is 0. The van der Waals surface area contributed by atoms with Crippen molar-refractivity contribution in [3.05, 3.63) is 11.1 Å². The Morgan fingerprint density at radius 2 is 1.29 bits per heavy atom. The highest BCUT2D eigenvalue weighted by atomic mass is 14.5. The zero-order valence-corrected chi connectivity index (χ0v) is 10.5. The third-order valence-electron chi connectivity index (χ3n) is 5.63. The zero-order valence-electron chi connectivity index (χ0n) is 10.5. The van der Waals surface area contributed by atoms with Crippen LogP contribution < -0.4 is 0 Å². The topological polar surface area (TPSA) is 0 Å². The molecule has 0 heterocycles. The summed E-state index contributed by atoms with van der Waals surface area (Å²) in [5.74, 6) is 5.40. The first-order chi connectivity index (χ1) is 6.46. The first-order valence-corrected chi connectivity index (χ1v) is 6.14. The smallest absolute Gasteiger partial charge is 0.0138 e. The van der Waals surface area contributed by atoms with E-state index < -0.39 is 0 Å². The SMILES string of the molecule is CC1=C(C)[C@@H](C)C2C(C)C(C)C(C)C12. The van der Waals surface area contributed by atoms with Gasteiger partial charge in [-0.15, -0.1) is 0 Å². The first-order valence-electron chi connectivity index (χ1n) is 6.14. The van der Waals surface area contributed by atoms with Crippen LogP contribution in [0.4, 0.5) is 0 Å². The molecule has 14 heavy (non-hydrogen) atoms. The van der Waals surface area contributed by atoms with E-state index in [0.717, 1.165) is 35.5 Å². The maximum Gasteiger partial charge on any atom is -0.0138 e. The van der Waals surface area contributed by atoms with Crippen LogP contribution in [0.1, 0.15) is 41.5 Å². The van der Waals surface area contributed by atoms with Crippen LogP contribution in [-0.4, -0.2) is 0 Å². The second-order valence-electron chi connectivity index (χ2n) is 5.84. The maximum atomic E-state index is 2.47. The van der Waals surface area contributed by atoms with Gasteiger partial charge in [-0.25, -0.2) is 0 Å². The van der Waals surface area contributed by atoms with E-state index in [1.807, 2.05) is 0 Å². The van der Waals surface area contributed by atoms with Crippen molar-refractivity contribution in [2.45, 2.75) is 41.5 Å². The Morgan fingerprint density at radius 3 is 1.79 bits per heavy atom. The average molecular weight is 192 g/mol. The van der Waals surface area contributed by atoms with E-state index >= 15 is 0 Å². The lowest BCUT2D eigenvalue weighted by molar-refractivity contribution is 0.285. The standard InChI is InChI=1S/C14H24/c1-7-9(3)13-11(5)8(2)12(6)14(13)10(7)4/h7,9-11,13-14H,1-6H3/t7?,9?,10?,11-,13?,14?/m1/s1. The number of fused-ring (bicyclic) bond motifs is 1. The van der Waals surface area contributed by atoms with Crippen LogP contribution >= 0.6 is 0 Å². The summed E-state index contributed by atoms with van der Waals surface area (Å²) in [6.07, 6.45) is 0. The van der Waals surface area contributed by atoms with Gasteiger partial charge in [0.1, 0.15) is 0 Å². The Hall–Kier alpha value is -0.260. The van der Waals surface area contributed by atoms with Crippen molar-refractivity contribution in [1.29, 1.82) is 0 Å². The van der Waals surface area contributed by atoms with Gasteiger partial charge in [0.2, 0.25) is 0 Å². The summed E-state index contributed by atoms with van der Waals surface area (Å²) in [4.78, 5) is 0. The van der Waals surface area contributed by atoms with Crippen LogP contribution in [0.2, 0.25) is 0 Å². The molecule has 0 nitrogen and oxygen atoms in total. The van der Waals surface area contributed by atoms with E-state index in [1.54, 1.807) is 11.1 Å². The quantitative estimate of drug-likeness (QED) is 0.506. The van der Waals surface area contributed by atoms with Crippen LogP contribution in [0.15, 0.2) is 11.1 Å². The fourth-order valence-electron chi connectivity index (χ4n) is 4.19. The molecule has 0 saturated heterocycles. The van der Waals surface area contributed by atoms with Gasteiger partial charge in [0, 0.05) is 0 Å². The fraction of sp³-hybridized carbons (Fsp3) is 0.857. The van der Waals surface area contributed by atoms with Gasteiger partial charge in [0.05, 0.1) is 0 Å². The second-order valence-corrected chi connectivity index (χ2v) is 5.84. The van der Waals surface area contributed by atoms with Gasteiger partial charge in [-0.05, 0) is 49.4 Å². The molecule has 0 spiro atoms. The maximum absolute atomic E-state index is 2.47. The molecule has 0 aromatic heterocycles. The van der Waals surface area contributed by atoms with Crippen molar-refractivity contribution >= 4 is 0 Å². The molecule has 1 saturated carbocycles. The Morgan fingerprint density at radius 1 is 0.714 bits per heavy atom. The van der Waals surface area contributed by atoms with Gasteiger partial charge in [0.25, 0.3) is 0 Å². The Labute approximate surface area is 88.8 Å². The van der Waals surface area contributed by atoms with Crippen molar-refractivity contribution in [3.8, 4) is 0 Å². The van der Waals surface area contributed by atoms with Crippen molar-refractivity contribution in [3.63, 3.8) is 0 Å². The first kappa shape index (κ1) is 10.3. The molecular formula is C14H24. The lowest BCUT2D eigenvalue weighted by Crippen LogP contribution is -2.17. The lowest BCUT2D eigenvalue weighted by atomic mass is 9.82. The summed E-state index contributed by atoms with van der Waals surface area (Å²) in [6.45, 7) is 14.5. The lowest BCUT2D eigenvalue weighted by Gasteiger charge is -2.22. The number of hydrogen-bond acceptors (Lipinski definition) is 0. The minimum Gasteiger partial charge on any atom is -0.0710 e. The highest BCUT2D eigenvalue weighted by Gasteiger charge is 2.50. The van der Waals surface area contributed by atoms with Gasteiger partial charge < -0.3 is 0 Å². The normalized spacial score (nSPS) is 52.7. The molecule has 2 aliphatic rings. The molecule has 0 radical (unpaired) electrons. The molecule has 1 fully saturated rings. The molecule has 0 aromatic rings. The van der Waals surface area contributed by atoms with Gasteiger partial charge in [-0.1, -0.05) is 38.8 Å². The predicted octanol–water partition coefficient (Wildman–Crippen LogP) is 4.13. The molecule has 0 aliphatic heterocycles. The molecular weight excluding hydrogens is 168 g/mol. The molecule has 2 aliphatic carbocycles. The molecule has 0 amide bonds. The minimum atomic E-state index is 0.836. The molecule has 2 rings (SSSR count). The summed E-state index contributed by atoms with van der Waals surface area (Å²) < 4.78 is 0. The summed E-state index contributed by atoms with van der Waals surface area (Å²) in [5.41, 5.74) is 3.40. The highest BCUT2D eigenvalue weighted by molar-refractivity contribution is 5.28. The largest absolute Gasteiger partial charge is 0.0710 e. The summed E-state index contributed by atoms with van der Waals surface area (Å²) >= 11 is 0. The number of allylic oxidation sites excluding steroid dienone is 2. The van der Waals surface area contributed by atoms with Gasteiger partial charge >= 0.3 is 0 Å². The molecule has 0 heteroatoms. The van der Waals surface area contributed by atoms with Gasteiger partial charge in [-0.2, -0.15) is 0 Å². The van der Waals surface area contributed by atoms with Crippen molar-refractivity contribution in [1.82, 2.24) is 0 Å². The van der Waals surface area contributed by atoms with Gasteiger partial charge in [0.15, 0.2) is 0 Å². The van der Waals surface area contributed by atoms with E-state index in [2.05, 4.69) is 41.5 Å². The van der Waals surface area contributed by atoms with Crippen LogP contribution in [0.3, 0.4) is 0 Å². The molecule has 0 N–H and O–H groups in total. The third kappa shape index (κ3) is 1.06. The van der Waals surface area contributed by atoms with Crippen molar-refractivity contribution in [2.24, 2.45) is 35.5 Å². The molecule has 0 bridgehead atoms. The van der Waals surface area contributed by atoms with E-state index in [-0.39, 0.29) is 0 Å². The minimum absolute atomic E-state index is 0.836. The molecule has 0 aromatic carbocycles. The average Bonchev–Trinajstić information content (AvgIpc) is 2.51. The zero-order chi connectivity index (χ0) is 10.6. The Balaban J connectivity index is 2.38. The third-order valence-corrected chi connectivity index (χ3v) is 5.63. The Bertz CT molecular complexity index is 274. The number of hydrogen-bond donors (Lipinski definition) is 0. The van der Waals surface area contributed by atoms with Crippen molar-refractivity contribution in [2.75, 3.05) is 0 Å². The van der Waals surface area contributed by atoms with Crippen LogP contribution in [0.25, 0.3) is 0 Å². The Kier molecular flexibility index (Phi) is 2.28. The van der Waals surface area contributed by atoms with Gasteiger partial charge in [-0.3, -0.25) is 0 Å². The van der Waals surface area contributed by atoms with E-state index in [9.17, 15) is 0 Å². The van der Waals surface area contributed by atoms with Crippen LogP contribution in [-0.2, 0) is 0 Å². The van der Waals surface area contributed by atoms with Crippen LogP contribution in [0.5, 0.6) is 0 Å².